The van der Waals surface area contributed by atoms with Crippen LogP contribution in [0.5, 0.6) is 0 Å². The minimum atomic E-state index is -0.532. The standard InChI is InChI=1S/C14H14BrN3O3/c15-10-1-3-11(4-2-10)18-13(19)9-12(16-14(18)20)17-5-7-21-8-6-17/h1-4H,5-9H2. The van der Waals surface area contributed by atoms with Crippen LogP contribution < -0.4 is 4.90 Å². The second-order valence-corrected chi connectivity index (χ2v) is 5.71. The highest BCUT2D eigenvalue weighted by Gasteiger charge is 2.32. The highest BCUT2D eigenvalue weighted by molar-refractivity contribution is 9.10. The zero-order valence-corrected chi connectivity index (χ0v) is 12.9. The van der Waals surface area contributed by atoms with E-state index in [1.165, 1.54) is 0 Å². The maximum Gasteiger partial charge on any atom is 0.356 e. The lowest BCUT2D eigenvalue weighted by atomic mass is 10.2. The lowest BCUT2D eigenvalue weighted by molar-refractivity contribution is -0.117. The summed E-state index contributed by atoms with van der Waals surface area (Å²) in [5.41, 5.74) is 0.540. The van der Waals surface area contributed by atoms with Gasteiger partial charge in [0.2, 0.25) is 5.91 Å². The van der Waals surface area contributed by atoms with Crippen molar-refractivity contribution in [3.05, 3.63) is 28.7 Å². The number of nitrogens with zero attached hydrogens (tertiary/aromatic N) is 3. The van der Waals surface area contributed by atoms with Gasteiger partial charge < -0.3 is 9.64 Å². The number of urea groups is 1. The zero-order chi connectivity index (χ0) is 14.8. The molecule has 7 heteroatoms. The molecule has 0 atom stereocenters. The summed E-state index contributed by atoms with van der Waals surface area (Å²) in [6.07, 6.45) is 0.141. The first-order valence-corrected chi connectivity index (χ1v) is 7.47. The molecule has 0 radical (unpaired) electrons. The van der Waals surface area contributed by atoms with Crippen LogP contribution in [0.15, 0.2) is 33.7 Å². The van der Waals surface area contributed by atoms with Gasteiger partial charge in [0.1, 0.15) is 5.84 Å². The Morgan fingerprint density at radius 1 is 1.10 bits per heavy atom. The third kappa shape index (κ3) is 2.98. The predicted octanol–water partition coefficient (Wildman–Crippen LogP) is 2.04. The number of halogens is 1. The van der Waals surface area contributed by atoms with Gasteiger partial charge in [0.15, 0.2) is 0 Å². The molecule has 0 bridgehead atoms. The Balaban J connectivity index is 1.83. The summed E-state index contributed by atoms with van der Waals surface area (Å²) in [7, 11) is 0. The van der Waals surface area contributed by atoms with Crippen LogP contribution in [0.4, 0.5) is 10.5 Å². The molecule has 3 amide bonds. The van der Waals surface area contributed by atoms with Crippen LogP contribution in [-0.4, -0.2) is 49.0 Å². The monoisotopic (exact) mass is 351 g/mol. The van der Waals surface area contributed by atoms with Crippen molar-refractivity contribution in [1.29, 1.82) is 0 Å². The van der Waals surface area contributed by atoms with Crippen LogP contribution in [0.25, 0.3) is 0 Å². The molecule has 1 aromatic rings. The lowest BCUT2D eigenvalue weighted by Crippen LogP contribution is -2.48. The molecule has 21 heavy (non-hydrogen) atoms. The van der Waals surface area contributed by atoms with Crippen molar-refractivity contribution < 1.29 is 14.3 Å². The predicted molar refractivity (Wildman–Crippen MR) is 81.5 cm³/mol. The van der Waals surface area contributed by atoms with Crippen LogP contribution in [-0.2, 0) is 9.53 Å². The normalized spacial score (nSPS) is 19.8. The van der Waals surface area contributed by atoms with Gasteiger partial charge in [-0.25, -0.2) is 9.69 Å². The molecule has 2 heterocycles. The van der Waals surface area contributed by atoms with E-state index in [1.54, 1.807) is 24.3 Å². The van der Waals surface area contributed by atoms with E-state index in [0.717, 1.165) is 9.37 Å². The summed E-state index contributed by atoms with van der Waals surface area (Å²) < 4.78 is 6.15. The van der Waals surface area contributed by atoms with Gasteiger partial charge >= 0.3 is 6.03 Å². The van der Waals surface area contributed by atoms with Crippen molar-refractivity contribution in [3.8, 4) is 0 Å². The number of carbonyl (C=O) groups excluding carboxylic acids is 2. The van der Waals surface area contributed by atoms with Gasteiger partial charge in [0, 0.05) is 17.6 Å². The Hall–Kier alpha value is -1.73. The number of hydrogen-bond acceptors (Lipinski definition) is 4. The molecule has 2 aliphatic heterocycles. The van der Waals surface area contributed by atoms with Crippen LogP contribution >= 0.6 is 15.9 Å². The Morgan fingerprint density at radius 2 is 1.76 bits per heavy atom. The van der Waals surface area contributed by atoms with Crippen molar-refractivity contribution in [2.75, 3.05) is 31.2 Å². The average Bonchev–Trinajstić information content (AvgIpc) is 2.49. The fourth-order valence-electron chi connectivity index (χ4n) is 2.37. The highest BCUT2D eigenvalue weighted by Crippen LogP contribution is 2.23. The summed E-state index contributed by atoms with van der Waals surface area (Å²) in [5.74, 6) is 0.292. The number of imide groups is 1. The molecule has 0 saturated carbocycles. The fraction of sp³-hybridized carbons (Fsp3) is 0.357. The largest absolute Gasteiger partial charge is 0.378 e. The van der Waals surface area contributed by atoms with E-state index in [0.29, 0.717) is 37.8 Å². The molecule has 110 valence electrons. The van der Waals surface area contributed by atoms with Crippen LogP contribution in [0.1, 0.15) is 6.42 Å². The SMILES string of the molecule is O=C1CC(N2CCOCC2)=NC(=O)N1c1ccc(Br)cc1. The second kappa shape index (κ2) is 5.95. The quantitative estimate of drug-likeness (QED) is 0.776. The Bertz CT molecular complexity index is 594. The zero-order valence-electron chi connectivity index (χ0n) is 11.3. The topological polar surface area (TPSA) is 62.2 Å². The third-order valence-corrected chi connectivity index (χ3v) is 3.96. The number of anilines is 1. The Kier molecular flexibility index (Phi) is 4.03. The minimum Gasteiger partial charge on any atom is -0.378 e. The molecule has 2 aliphatic rings. The van der Waals surface area contributed by atoms with Gasteiger partial charge in [-0.2, -0.15) is 4.99 Å². The first-order chi connectivity index (χ1) is 10.1. The number of carbonyl (C=O) groups is 2. The molecule has 6 nitrogen and oxygen atoms in total. The van der Waals surface area contributed by atoms with Crippen molar-refractivity contribution in [1.82, 2.24) is 4.90 Å². The van der Waals surface area contributed by atoms with Gasteiger partial charge in [-0.3, -0.25) is 4.79 Å². The molecule has 0 unspecified atom stereocenters. The minimum absolute atomic E-state index is 0.141. The maximum absolute atomic E-state index is 12.3. The molecular formula is C14H14BrN3O3. The summed E-state index contributed by atoms with van der Waals surface area (Å²) in [4.78, 5) is 31.6. The summed E-state index contributed by atoms with van der Waals surface area (Å²) in [5, 5.41) is 0. The molecule has 1 saturated heterocycles. The Labute approximate surface area is 130 Å². The van der Waals surface area contributed by atoms with Gasteiger partial charge in [-0.1, -0.05) is 15.9 Å². The molecule has 0 aromatic heterocycles. The van der Waals surface area contributed by atoms with E-state index in [4.69, 9.17) is 4.74 Å². The number of aliphatic imine (C=N–C) groups is 1. The van der Waals surface area contributed by atoms with Gasteiger partial charge in [0.05, 0.1) is 25.3 Å². The van der Waals surface area contributed by atoms with E-state index >= 15 is 0 Å². The van der Waals surface area contributed by atoms with Crippen molar-refractivity contribution in [2.45, 2.75) is 6.42 Å². The van der Waals surface area contributed by atoms with Crippen molar-refractivity contribution >= 4 is 39.4 Å². The van der Waals surface area contributed by atoms with Crippen LogP contribution in [0.2, 0.25) is 0 Å². The average molecular weight is 352 g/mol. The molecule has 3 rings (SSSR count). The van der Waals surface area contributed by atoms with E-state index in [-0.39, 0.29) is 12.3 Å². The molecule has 0 N–H and O–H groups in total. The molecule has 0 spiro atoms. The number of amides is 3. The maximum atomic E-state index is 12.3. The van der Waals surface area contributed by atoms with Crippen molar-refractivity contribution in [2.24, 2.45) is 4.99 Å². The molecule has 0 aliphatic carbocycles. The number of hydrogen-bond donors (Lipinski definition) is 0. The number of morpholine rings is 1. The number of amidine groups is 1. The number of benzene rings is 1. The van der Waals surface area contributed by atoms with E-state index in [9.17, 15) is 9.59 Å². The van der Waals surface area contributed by atoms with Gasteiger partial charge in [-0.05, 0) is 24.3 Å². The fourth-order valence-corrected chi connectivity index (χ4v) is 2.63. The summed E-state index contributed by atoms with van der Waals surface area (Å²) in [6.45, 7) is 2.52. The lowest BCUT2D eigenvalue weighted by Gasteiger charge is -2.32. The summed E-state index contributed by atoms with van der Waals surface area (Å²) in [6, 6.07) is 6.48. The van der Waals surface area contributed by atoms with E-state index < -0.39 is 6.03 Å². The molecule has 1 aromatic carbocycles. The van der Waals surface area contributed by atoms with Gasteiger partial charge in [0.25, 0.3) is 0 Å². The first kappa shape index (κ1) is 14.2. The third-order valence-electron chi connectivity index (χ3n) is 3.44. The second-order valence-electron chi connectivity index (χ2n) is 4.79. The highest BCUT2D eigenvalue weighted by atomic mass is 79.9. The van der Waals surface area contributed by atoms with E-state index in [1.807, 2.05) is 4.90 Å². The van der Waals surface area contributed by atoms with Crippen LogP contribution in [0.3, 0.4) is 0 Å². The van der Waals surface area contributed by atoms with Crippen LogP contribution in [0, 0.1) is 0 Å². The Morgan fingerprint density at radius 3 is 2.38 bits per heavy atom. The van der Waals surface area contributed by atoms with Crippen molar-refractivity contribution in [3.63, 3.8) is 0 Å². The van der Waals surface area contributed by atoms with Gasteiger partial charge in [-0.15, -0.1) is 0 Å². The smallest absolute Gasteiger partial charge is 0.356 e. The number of rotatable bonds is 1. The molecule has 1 fully saturated rings. The molecular weight excluding hydrogens is 338 g/mol. The first-order valence-electron chi connectivity index (χ1n) is 6.68. The summed E-state index contributed by atoms with van der Waals surface area (Å²) >= 11 is 3.33. The van der Waals surface area contributed by atoms with E-state index in [2.05, 4.69) is 20.9 Å². The number of ether oxygens (including phenoxy) is 1.